The van der Waals surface area contributed by atoms with Crippen LogP contribution in [0.25, 0.3) is 0 Å². The summed E-state index contributed by atoms with van der Waals surface area (Å²) in [5, 5.41) is 2.76. The zero-order valence-electron chi connectivity index (χ0n) is 17.5. The van der Waals surface area contributed by atoms with E-state index in [0.29, 0.717) is 11.3 Å². The van der Waals surface area contributed by atoms with Gasteiger partial charge in [-0.2, -0.15) is 0 Å². The molecule has 2 atom stereocenters. The molecule has 2 aliphatic rings. The molecular formula is C24H26N2O5. The summed E-state index contributed by atoms with van der Waals surface area (Å²) in [5.74, 6) is -1.73. The van der Waals surface area contributed by atoms with Gasteiger partial charge >= 0.3 is 11.9 Å². The topological polar surface area (TPSA) is 84.9 Å². The number of piperidine rings is 1. The van der Waals surface area contributed by atoms with Gasteiger partial charge in [-0.1, -0.05) is 18.2 Å². The van der Waals surface area contributed by atoms with Gasteiger partial charge in [0.15, 0.2) is 6.10 Å². The lowest BCUT2D eigenvalue weighted by Gasteiger charge is -2.28. The van der Waals surface area contributed by atoms with Gasteiger partial charge in [-0.05, 0) is 62.1 Å². The molecular weight excluding hydrogens is 396 g/mol. The molecule has 0 saturated carbocycles. The molecule has 2 aromatic carbocycles. The van der Waals surface area contributed by atoms with E-state index in [0.717, 1.165) is 24.3 Å². The molecule has 0 aromatic heterocycles. The number of amides is 1. The summed E-state index contributed by atoms with van der Waals surface area (Å²) in [6, 6.07) is 14.6. The van der Waals surface area contributed by atoms with Crippen LogP contribution < -0.4 is 10.2 Å². The fourth-order valence-electron chi connectivity index (χ4n) is 3.92. The minimum atomic E-state index is -1.05. The molecule has 7 heteroatoms. The first-order chi connectivity index (χ1) is 15.0. The van der Waals surface area contributed by atoms with E-state index in [1.54, 1.807) is 24.3 Å². The standard InChI is InChI=1S/C24H26N2O5/c1-16(30-24(29)21-15-17-7-3-4-8-20(17)23(28)31-21)22(27)25-18-9-11-19(12-10-18)26-13-5-2-6-14-26/h3-4,7-12,16,21H,2,5-6,13-15H2,1H3,(H,25,27). The van der Waals surface area contributed by atoms with Crippen LogP contribution in [0, 0.1) is 0 Å². The monoisotopic (exact) mass is 422 g/mol. The Bertz CT molecular complexity index is 966. The second-order valence-electron chi connectivity index (χ2n) is 7.92. The highest BCUT2D eigenvalue weighted by Crippen LogP contribution is 2.23. The summed E-state index contributed by atoms with van der Waals surface area (Å²) in [6.45, 7) is 3.59. The Morgan fingerprint density at radius 2 is 1.77 bits per heavy atom. The van der Waals surface area contributed by atoms with E-state index in [2.05, 4.69) is 10.2 Å². The second kappa shape index (κ2) is 9.20. The average molecular weight is 422 g/mol. The number of benzene rings is 2. The summed E-state index contributed by atoms with van der Waals surface area (Å²) in [4.78, 5) is 39.4. The number of nitrogens with zero attached hydrogens (tertiary/aromatic N) is 1. The summed E-state index contributed by atoms with van der Waals surface area (Å²) in [7, 11) is 0. The minimum Gasteiger partial charge on any atom is -0.450 e. The molecule has 162 valence electrons. The van der Waals surface area contributed by atoms with Crippen LogP contribution in [0.1, 0.15) is 42.1 Å². The van der Waals surface area contributed by atoms with Crippen molar-refractivity contribution in [2.75, 3.05) is 23.3 Å². The van der Waals surface area contributed by atoms with Crippen LogP contribution in [-0.4, -0.2) is 43.1 Å². The highest BCUT2D eigenvalue weighted by atomic mass is 16.6. The van der Waals surface area contributed by atoms with Crippen molar-refractivity contribution in [3.8, 4) is 0 Å². The summed E-state index contributed by atoms with van der Waals surface area (Å²) >= 11 is 0. The van der Waals surface area contributed by atoms with Gasteiger partial charge in [-0.15, -0.1) is 0 Å². The molecule has 0 bridgehead atoms. The van der Waals surface area contributed by atoms with Crippen molar-refractivity contribution < 1.29 is 23.9 Å². The Labute approximate surface area is 181 Å². The number of carbonyl (C=O) groups excluding carboxylic acids is 3. The fraction of sp³-hybridized carbons (Fsp3) is 0.375. The van der Waals surface area contributed by atoms with Crippen molar-refractivity contribution in [3.05, 3.63) is 59.7 Å². The Morgan fingerprint density at radius 1 is 1.06 bits per heavy atom. The number of cyclic esters (lactones) is 1. The van der Waals surface area contributed by atoms with Crippen molar-refractivity contribution in [1.29, 1.82) is 0 Å². The van der Waals surface area contributed by atoms with Gasteiger partial charge in [0.1, 0.15) is 0 Å². The smallest absolute Gasteiger partial charge is 0.348 e. The fourth-order valence-corrected chi connectivity index (χ4v) is 3.92. The van der Waals surface area contributed by atoms with E-state index in [1.165, 1.54) is 26.2 Å². The lowest BCUT2D eigenvalue weighted by molar-refractivity contribution is -0.162. The quantitative estimate of drug-likeness (QED) is 0.744. The molecule has 31 heavy (non-hydrogen) atoms. The molecule has 0 spiro atoms. The maximum absolute atomic E-state index is 12.5. The van der Waals surface area contributed by atoms with Crippen molar-refractivity contribution >= 4 is 29.2 Å². The van der Waals surface area contributed by atoms with E-state index in [-0.39, 0.29) is 6.42 Å². The van der Waals surface area contributed by atoms with Crippen molar-refractivity contribution in [2.45, 2.75) is 44.8 Å². The third-order valence-corrected chi connectivity index (χ3v) is 5.67. The number of rotatable bonds is 5. The molecule has 0 radical (unpaired) electrons. The summed E-state index contributed by atoms with van der Waals surface area (Å²) in [6.07, 6.45) is 1.82. The molecule has 2 aromatic rings. The number of hydrogen-bond acceptors (Lipinski definition) is 6. The third-order valence-electron chi connectivity index (χ3n) is 5.67. The normalized spacial score (nSPS) is 19.1. The first-order valence-electron chi connectivity index (χ1n) is 10.7. The van der Waals surface area contributed by atoms with Crippen LogP contribution in [0.15, 0.2) is 48.5 Å². The molecule has 7 nitrogen and oxygen atoms in total. The lowest BCUT2D eigenvalue weighted by Crippen LogP contribution is -2.39. The number of fused-ring (bicyclic) bond motifs is 1. The van der Waals surface area contributed by atoms with Crippen LogP contribution >= 0.6 is 0 Å². The van der Waals surface area contributed by atoms with Crippen LogP contribution in [-0.2, 0) is 25.5 Å². The molecule has 0 aliphatic carbocycles. The number of hydrogen-bond donors (Lipinski definition) is 1. The predicted molar refractivity (Wildman–Crippen MR) is 116 cm³/mol. The Hall–Kier alpha value is -3.35. The molecule has 1 N–H and O–H groups in total. The van der Waals surface area contributed by atoms with Gasteiger partial charge in [0.05, 0.1) is 5.56 Å². The van der Waals surface area contributed by atoms with E-state index in [1.807, 2.05) is 24.3 Å². The molecule has 2 aliphatic heterocycles. The predicted octanol–water partition coefficient (Wildman–Crippen LogP) is 3.33. The van der Waals surface area contributed by atoms with Crippen LogP contribution in [0.3, 0.4) is 0 Å². The summed E-state index contributed by atoms with van der Waals surface area (Å²) < 4.78 is 10.5. The number of anilines is 2. The minimum absolute atomic E-state index is 0.229. The van der Waals surface area contributed by atoms with Gasteiger partial charge < -0.3 is 19.7 Å². The largest absolute Gasteiger partial charge is 0.450 e. The molecule has 1 amide bonds. The highest BCUT2D eigenvalue weighted by Gasteiger charge is 2.33. The van der Waals surface area contributed by atoms with Gasteiger partial charge in [0.25, 0.3) is 5.91 Å². The van der Waals surface area contributed by atoms with Crippen LogP contribution in [0.5, 0.6) is 0 Å². The Kier molecular flexibility index (Phi) is 6.21. The molecule has 1 fully saturated rings. The Balaban J connectivity index is 1.31. The lowest BCUT2D eigenvalue weighted by atomic mass is 9.99. The third kappa shape index (κ3) is 4.87. The van der Waals surface area contributed by atoms with Gasteiger partial charge in [-0.25, -0.2) is 9.59 Å². The first kappa shape index (κ1) is 20.9. The first-order valence-corrected chi connectivity index (χ1v) is 10.7. The van der Waals surface area contributed by atoms with Crippen molar-refractivity contribution in [2.24, 2.45) is 0 Å². The number of carbonyl (C=O) groups is 3. The van der Waals surface area contributed by atoms with E-state index < -0.39 is 30.1 Å². The van der Waals surface area contributed by atoms with Crippen LogP contribution in [0.4, 0.5) is 11.4 Å². The van der Waals surface area contributed by atoms with E-state index >= 15 is 0 Å². The average Bonchev–Trinajstić information content (AvgIpc) is 2.80. The Morgan fingerprint density at radius 3 is 2.52 bits per heavy atom. The van der Waals surface area contributed by atoms with Gasteiger partial charge in [-0.3, -0.25) is 4.79 Å². The van der Waals surface area contributed by atoms with Gasteiger partial charge in [0.2, 0.25) is 6.10 Å². The second-order valence-corrected chi connectivity index (χ2v) is 7.92. The van der Waals surface area contributed by atoms with E-state index in [4.69, 9.17) is 9.47 Å². The number of ether oxygens (including phenoxy) is 2. The molecule has 4 rings (SSSR count). The maximum atomic E-state index is 12.5. The number of esters is 2. The van der Waals surface area contributed by atoms with Crippen molar-refractivity contribution in [1.82, 2.24) is 0 Å². The van der Waals surface area contributed by atoms with Crippen LogP contribution in [0.2, 0.25) is 0 Å². The SMILES string of the molecule is CC(OC(=O)C1Cc2ccccc2C(=O)O1)C(=O)Nc1ccc(N2CCCCC2)cc1. The summed E-state index contributed by atoms with van der Waals surface area (Å²) in [5.41, 5.74) is 2.94. The molecule has 2 heterocycles. The van der Waals surface area contributed by atoms with Crippen molar-refractivity contribution in [3.63, 3.8) is 0 Å². The zero-order chi connectivity index (χ0) is 21.8. The molecule has 1 saturated heterocycles. The molecule has 2 unspecified atom stereocenters. The maximum Gasteiger partial charge on any atom is 0.348 e. The highest BCUT2D eigenvalue weighted by molar-refractivity contribution is 5.97. The number of nitrogens with one attached hydrogen (secondary N) is 1. The van der Waals surface area contributed by atoms with E-state index in [9.17, 15) is 14.4 Å². The van der Waals surface area contributed by atoms with Gasteiger partial charge in [0, 0.05) is 30.9 Å². The zero-order valence-corrected chi connectivity index (χ0v) is 17.5.